The molecule has 5 saturated carbocycles. The van der Waals surface area contributed by atoms with Gasteiger partial charge in [-0.3, -0.25) is 4.79 Å². The van der Waals surface area contributed by atoms with Crippen LogP contribution < -0.4 is 0 Å². The smallest absolute Gasteiger partial charge is 0.410 e. The van der Waals surface area contributed by atoms with Gasteiger partial charge in [0.1, 0.15) is 6.10 Å². The van der Waals surface area contributed by atoms with Gasteiger partial charge < -0.3 is 29.0 Å². The van der Waals surface area contributed by atoms with Gasteiger partial charge in [-0.05, 0) is 97.7 Å². The molecule has 8 nitrogen and oxygen atoms in total. The van der Waals surface area contributed by atoms with Gasteiger partial charge in [-0.25, -0.2) is 4.79 Å². The minimum Gasteiger partial charge on any atom is -0.469 e. The van der Waals surface area contributed by atoms with Crippen molar-refractivity contribution in [3.63, 3.8) is 0 Å². The van der Waals surface area contributed by atoms with Crippen LogP contribution in [0, 0.1) is 50.7 Å². The quantitative estimate of drug-likeness (QED) is 0.420. The van der Waals surface area contributed by atoms with Gasteiger partial charge in [0.25, 0.3) is 0 Å². The van der Waals surface area contributed by atoms with Gasteiger partial charge in [-0.2, -0.15) is 0 Å². The lowest BCUT2D eigenvalue weighted by molar-refractivity contribution is -0.183. The third kappa shape index (κ3) is 3.96. The molecule has 2 saturated heterocycles. The fourth-order valence-electron chi connectivity index (χ4n) is 13.1. The Morgan fingerprint density at radius 1 is 0.977 bits per heavy atom. The Hall–Kier alpha value is -1.38. The van der Waals surface area contributed by atoms with Crippen molar-refractivity contribution in [1.82, 2.24) is 4.90 Å². The number of hydrogen-bond donors (Lipinski definition) is 1. The highest BCUT2D eigenvalue weighted by atomic mass is 16.6. The maximum absolute atomic E-state index is 13.1. The normalized spacial score (nSPS) is 51.2. The number of carbonyl (C=O) groups excluding carboxylic acids is 2. The molecule has 2 aliphatic heterocycles. The van der Waals surface area contributed by atoms with E-state index in [1.54, 1.807) is 0 Å². The second-order valence-electron chi connectivity index (χ2n) is 16.7. The number of morpholine rings is 1. The predicted octanol–water partition coefficient (Wildman–Crippen LogP) is 5.59. The van der Waals surface area contributed by atoms with E-state index in [4.69, 9.17) is 18.9 Å². The van der Waals surface area contributed by atoms with Gasteiger partial charge in [-0.15, -0.1) is 0 Å². The molecule has 1 amide bonds. The highest BCUT2D eigenvalue weighted by molar-refractivity contribution is 5.69. The van der Waals surface area contributed by atoms with E-state index >= 15 is 0 Å². The fourth-order valence-corrected chi connectivity index (χ4v) is 13.1. The van der Waals surface area contributed by atoms with Gasteiger partial charge in [0.05, 0.1) is 38.6 Å². The first-order chi connectivity index (χ1) is 20.4. The Morgan fingerprint density at radius 3 is 2.40 bits per heavy atom. The van der Waals surface area contributed by atoms with Crippen LogP contribution in [-0.2, 0) is 23.7 Å². The molecule has 43 heavy (non-hydrogen) atoms. The molecule has 8 unspecified atom stereocenters. The largest absolute Gasteiger partial charge is 0.469 e. The molecule has 1 N–H and O–H groups in total. The van der Waals surface area contributed by atoms with E-state index in [1.165, 1.54) is 20.0 Å². The summed E-state index contributed by atoms with van der Waals surface area (Å²) in [6.45, 7) is 14.4. The molecule has 7 fully saturated rings. The van der Waals surface area contributed by atoms with Crippen LogP contribution in [0.5, 0.6) is 0 Å². The zero-order valence-electron chi connectivity index (χ0n) is 27.4. The summed E-state index contributed by atoms with van der Waals surface area (Å²) >= 11 is 0. The van der Waals surface area contributed by atoms with Gasteiger partial charge >= 0.3 is 12.1 Å². The first-order valence-electron chi connectivity index (χ1n) is 17.3. The zero-order chi connectivity index (χ0) is 30.6. The summed E-state index contributed by atoms with van der Waals surface area (Å²) in [5, 5.41) is 12.3. The molecule has 0 aromatic rings. The standard InChI is InChI=1S/C35H55NO7/c1-21-19-22(7-10-26(37)40-6)42-28-27(21)32(4)13-14-35-20-34(35)12-11-25(43-30(39)36-15-17-41-18-16-36)31(2,3)23(34)8-9-24(35)33(32,5)29(28)38/h21-25,27-29,38H,7-20H2,1-6H3/t21-,22?,23+,24?,25?,27?,28?,29+,32?,33-,34?,35?/m1/s1. The van der Waals surface area contributed by atoms with Crippen molar-refractivity contribution in [3.05, 3.63) is 0 Å². The Bertz CT molecular complexity index is 1140. The monoisotopic (exact) mass is 601 g/mol. The summed E-state index contributed by atoms with van der Waals surface area (Å²) in [6.07, 6.45) is 9.00. The molecule has 2 spiro atoms. The minimum absolute atomic E-state index is 0.00873. The number of fused-ring (bicyclic) bond motifs is 4. The molecule has 7 rings (SSSR count). The summed E-state index contributed by atoms with van der Waals surface area (Å²) in [5.41, 5.74) is 0.293. The van der Waals surface area contributed by atoms with Crippen molar-refractivity contribution in [2.75, 3.05) is 33.4 Å². The number of rotatable bonds is 4. The third-order valence-electron chi connectivity index (χ3n) is 15.2. The van der Waals surface area contributed by atoms with Gasteiger partial charge in [0, 0.05) is 30.3 Å². The lowest BCUT2D eigenvalue weighted by Gasteiger charge is -2.63. The molecular formula is C35H55NO7. The number of ether oxygens (including phenoxy) is 4. The number of aliphatic hydroxyl groups is 1. The van der Waals surface area contributed by atoms with Crippen molar-refractivity contribution in [2.45, 2.75) is 123 Å². The fraction of sp³-hybridized carbons (Fsp3) is 0.943. The van der Waals surface area contributed by atoms with Gasteiger partial charge in [-0.1, -0.05) is 34.6 Å². The van der Waals surface area contributed by atoms with E-state index in [0.29, 0.717) is 62.8 Å². The summed E-state index contributed by atoms with van der Waals surface area (Å²) in [7, 11) is 1.44. The molecule has 5 aliphatic carbocycles. The van der Waals surface area contributed by atoms with Crippen LogP contribution in [0.4, 0.5) is 4.79 Å². The molecule has 0 radical (unpaired) electrons. The summed E-state index contributed by atoms with van der Waals surface area (Å²) in [4.78, 5) is 26.8. The molecular weight excluding hydrogens is 546 g/mol. The van der Waals surface area contributed by atoms with Crippen molar-refractivity contribution in [2.24, 2.45) is 50.7 Å². The van der Waals surface area contributed by atoms with Crippen molar-refractivity contribution >= 4 is 12.1 Å². The maximum atomic E-state index is 13.1. The van der Waals surface area contributed by atoms with Crippen LogP contribution in [0.3, 0.4) is 0 Å². The second kappa shape index (κ2) is 10.1. The molecule has 12 atom stereocenters. The average molecular weight is 602 g/mol. The summed E-state index contributed by atoms with van der Waals surface area (Å²) in [5.74, 6) is 1.59. The number of nitrogens with zero attached hydrogens (tertiary/aromatic N) is 1. The minimum atomic E-state index is -0.499. The van der Waals surface area contributed by atoms with Crippen molar-refractivity contribution < 1.29 is 33.6 Å². The average Bonchev–Trinajstić information content (AvgIpc) is 3.62. The Labute approximate surface area is 257 Å². The first kappa shape index (κ1) is 30.3. The first-order valence-corrected chi connectivity index (χ1v) is 17.3. The lowest BCUT2D eigenvalue weighted by Crippen LogP contribution is -2.60. The summed E-state index contributed by atoms with van der Waals surface area (Å²) < 4.78 is 23.4. The van der Waals surface area contributed by atoms with E-state index in [0.717, 1.165) is 38.5 Å². The SMILES string of the molecule is COC(=O)CCC1C[C@@H](C)C2C(O1)[C@H](O)[C@@]1(C)C3CC[C@H]4C(C)(C)C(OC(=O)N5CCOCC5)CCC45CC35CCC21C. The number of esters is 1. The Balaban J connectivity index is 1.12. The van der Waals surface area contributed by atoms with E-state index in [9.17, 15) is 14.7 Å². The van der Waals surface area contributed by atoms with Crippen LogP contribution in [0.25, 0.3) is 0 Å². The van der Waals surface area contributed by atoms with Crippen LogP contribution in [-0.4, -0.2) is 79.9 Å². The van der Waals surface area contributed by atoms with Crippen molar-refractivity contribution in [3.8, 4) is 0 Å². The van der Waals surface area contributed by atoms with E-state index < -0.39 is 6.10 Å². The third-order valence-corrected chi connectivity index (χ3v) is 15.2. The Morgan fingerprint density at radius 2 is 1.67 bits per heavy atom. The highest BCUT2D eigenvalue weighted by Crippen LogP contribution is 2.89. The lowest BCUT2D eigenvalue weighted by atomic mass is 9.41. The Kier molecular flexibility index (Phi) is 7.08. The van der Waals surface area contributed by atoms with E-state index in [1.807, 2.05) is 4.90 Å². The predicted molar refractivity (Wildman–Crippen MR) is 160 cm³/mol. The van der Waals surface area contributed by atoms with Gasteiger partial charge in [0.2, 0.25) is 0 Å². The molecule has 8 heteroatoms. The number of carbonyl (C=O) groups is 2. The molecule has 0 aromatic heterocycles. The van der Waals surface area contributed by atoms with Gasteiger partial charge in [0.15, 0.2) is 0 Å². The highest BCUT2D eigenvalue weighted by Gasteiger charge is 2.84. The molecule has 7 aliphatic rings. The molecule has 2 heterocycles. The number of amides is 1. The molecule has 0 bridgehead atoms. The zero-order valence-corrected chi connectivity index (χ0v) is 27.4. The van der Waals surface area contributed by atoms with E-state index in [-0.39, 0.29) is 57.4 Å². The molecule has 242 valence electrons. The number of methoxy groups -OCH3 is 1. The molecule has 0 aromatic carbocycles. The second-order valence-corrected chi connectivity index (χ2v) is 16.7. The van der Waals surface area contributed by atoms with Crippen LogP contribution in [0.2, 0.25) is 0 Å². The summed E-state index contributed by atoms with van der Waals surface area (Å²) in [6, 6.07) is 0. The maximum Gasteiger partial charge on any atom is 0.410 e. The van der Waals surface area contributed by atoms with E-state index in [2.05, 4.69) is 34.6 Å². The van der Waals surface area contributed by atoms with Crippen LogP contribution >= 0.6 is 0 Å². The number of hydrogen-bond acceptors (Lipinski definition) is 7. The number of aliphatic hydroxyl groups excluding tert-OH is 1. The van der Waals surface area contributed by atoms with Crippen molar-refractivity contribution in [1.29, 1.82) is 0 Å². The van der Waals surface area contributed by atoms with Crippen LogP contribution in [0.15, 0.2) is 0 Å². The van der Waals surface area contributed by atoms with Crippen LogP contribution in [0.1, 0.15) is 98.8 Å². The topological polar surface area (TPSA) is 94.5 Å².